The van der Waals surface area contributed by atoms with Crippen LogP contribution in [-0.2, 0) is 27.9 Å². The van der Waals surface area contributed by atoms with Gasteiger partial charge in [-0.3, -0.25) is 9.69 Å². The zero-order valence-electron chi connectivity index (χ0n) is 15.8. The minimum atomic E-state index is -3.54. The van der Waals surface area contributed by atoms with Gasteiger partial charge in [0.2, 0.25) is 10.0 Å². The van der Waals surface area contributed by atoms with Gasteiger partial charge in [0.1, 0.15) is 11.9 Å². The fourth-order valence-corrected chi connectivity index (χ4v) is 3.60. The molecule has 26 heavy (non-hydrogen) atoms. The number of hydrogen-bond donors (Lipinski definition) is 1. The van der Waals surface area contributed by atoms with Crippen LogP contribution in [0.1, 0.15) is 26.1 Å². The summed E-state index contributed by atoms with van der Waals surface area (Å²) < 4.78 is 27.9. The average Bonchev–Trinajstić information content (AvgIpc) is 2.90. The molecule has 1 aromatic carbocycles. The van der Waals surface area contributed by atoms with Gasteiger partial charge in [0.05, 0.1) is 22.5 Å². The van der Waals surface area contributed by atoms with Crippen molar-refractivity contribution in [2.45, 2.75) is 44.3 Å². The lowest BCUT2D eigenvalue weighted by Gasteiger charge is -2.21. The van der Waals surface area contributed by atoms with Crippen molar-refractivity contribution in [3.05, 3.63) is 24.0 Å². The second-order valence-corrected chi connectivity index (χ2v) is 8.70. The summed E-state index contributed by atoms with van der Waals surface area (Å²) in [6, 6.07) is 4.27. The molecular formula is C17H26N4O4S. The Balaban J connectivity index is 2.50. The van der Waals surface area contributed by atoms with Gasteiger partial charge in [-0.15, -0.1) is 0 Å². The van der Waals surface area contributed by atoms with Crippen molar-refractivity contribution in [1.29, 1.82) is 0 Å². The number of rotatable bonds is 8. The number of aryl methyl sites for hydroxylation is 1. The molecule has 1 aromatic heterocycles. The smallest absolute Gasteiger partial charge is 0.320 e. The van der Waals surface area contributed by atoms with E-state index in [1.807, 2.05) is 11.5 Å². The molecule has 0 radical (unpaired) electrons. The van der Waals surface area contributed by atoms with E-state index in [-0.39, 0.29) is 4.90 Å². The van der Waals surface area contributed by atoms with Crippen LogP contribution in [0.15, 0.2) is 23.1 Å². The molecule has 2 aromatic rings. The van der Waals surface area contributed by atoms with Crippen molar-refractivity contribution >= 4 is 27.0 Å². The predicted molar refractivity (Wildman–Crippen MR) is 99.5 cm³/mol. The highest BCUT2D eigenvalue weighted by atomic mass is 32.2. The molecule has 0 saturated carbocycles. The minimum absolute atomic E-state index is 0.190. The molecule has 0 aliphatic heterocycles. The largest absolute Gasteiger partial charge is 0.480 e. The van der Waals surface area contributed by atoms with Gasteiger partial charge in [-0.05, 0) is 38.6 Å². The number of imidazole rings is 1. The summed E-state index contributed by atoms with van der Waals surface area (Å²) in [5.74, 6) is -0.179. The van der Waals surface area contributed by atoms with Crippen LogP contribution < -0.4 is 0 Å². The fourth-order valence-electron chi connectivity index (χ4n) is 2.67. The normalized spacial score (nSPS) is 13.7. The maximum Gasteiger partial charge on any atom is 0.320 e. The maximum absolute atomic E-state index is 12.4. The first-order valence-corrected chi connectivity index (χ1v) is 9.88. The number of nitrogens with zero attached hydrogens (tertiary/aromatic N) is 4. The summed E-state index contributed by atoms with van der Waals surface area (Å²) in [7, 11) is 1.17. The van der Waals surface area contributed by atoms with Crippen molar-refractivity contribution in [1.82, 2.24) is 18.8 Å². The van der Waals surface area contributed by atoms with Gasteiger partial charge in [0.15, 0.2) is 0 Å². The molecule has 0 saturated heterocycles. The third kappa shape index (κ3) is 3.89. The highest BCUT2D eigenvalue weighted by Gasteiger charge is 2.22. The Kier molecular flexibility index (Phi) is 6.05. The second kappa shape index (κ2) is 7.73. The van der Waals surface area contributed by atoms with E-state index in [2.05, 4.69) is 4.98 Å². The standard InChI is InChI=1S/C17H26N4O4S/c1-6-9-21-15-8-7-13(26(24,25)19(3)4)10-14(15)18-16(21)11-20(5)12(2)17(22)23/h7-8,10,12H,6,9,11H2,1-5H3,(H,22,23). The fraction of sp³-hybridized carbons (Fsp3) is 0.529. The minimum Gasteiger partial charge on any atom is -0.480 e. The number of aliphatic carboxylic acids is 1. The molecule has 0 bridgehead atoms. The van der Waals surface area contributed by atoms with Gasteiger partial charge in [-0.25, -0.2) is 17.7 Å². The van der Waals surface area contributed by atoms with Crippen molar-refractivity contribution in [2.24, 2.45) is 0 Å². The molecule has 9 heteroatoms. The summed E-state index contributed by atoms with van der Waals surface area (Å²) in [4.78, 5) is 17.7. The SMILES string of the molecule is CCCn1c(CN(C)C(C)C(=O)O)nc2cc(S(=O)(=O)N(C)C)ccc21. The summed E-state index contributed by atoms with van der Waals surface area (Å²) in [5.41, 5.74) is 1.43. The van der Waals surface area contributed by atoms with E-state index in [0.29, 0.717) is 12.1 Å². The highest BCUT2D eigenvalue weighted by molar-refractivity contribution is 7.89. The van der Waals surface area contributed by atoms with Crippen molar-refractivity contribution in [3.8, 4) is 0 Å². The van der Waals surface area contributed by atoms with Crippen molar-refractivity contribution in [3.63, 3.8) is 0 Å². The van der Waals surface area contributed by atoms with E-state index in [1.165, 1.54) is 18.4 Å². The Hall–Kier alpha value is -1.97. The second-order valence-electron chi connectivity index (χ2n) is 6.55. The number of fused-ring (bicyclic) bond motifs is 1. The first-order valence-electron chi connectivity index (χ1n) is 8.44. The van der Waals surface area contributed by atoms with E-state index in [9.17, 15) is 18.3 Å². The van der Waals surface area contributed by atoms with Crippen LogP contribution in [0.3, 0.4) is 0 Å². The molecule has 0 spiro atoms. The van der Waals surface area contributed by atoms with Gasteiger partial charge in [-0.1, -0.05) is 6.92 Å². The molecule has 144 valence electrons. The van der Waals surface area contributed by atoms with Crippen LogP contribution in [-0.4, -0.2) is 65.4 Å². The lowest BCUT2D eigenvalue weighted by atomic mass is 10.3. The van der Waals surface area contributed by atoms with Crippen LogP contribution in [0.4, 0.5) is 0 Å². The molecule has 1 unspecified atom stereocenters. The number of sulfonamides is 1. The zero-order chi connectivity index (χ0) is 19.6. The van der Waals surface area contributed by atoms with Crippen molar-refractivity contribution < 1.29 is 18.3 Å². The molecule has 1 N–H and O–H groups in total. The van der Waals surface area contributed by atoms with Gasteiger partial charge < -0.3 is 9.67 Å². The number of hydrogen-bond acceptors (Lipinski definition) is 5. The average molecular weight is 382 g/mol. The van der Waals surface area contributed by atoms with Gasteiger partial charge in [0, 0.05) is 20.6 Å². The molecule has 0 aliphatic rings. The third-order valence-electron chi connectivity index (χ3n) is 4.43. The van der Waals surface area contributed by atoms with E-state index in [4.69, 9.17) is 0 Å². The summed E-state index contributed by atoms with van der Waals surface area (Å²) in [6.45, 7) is 4.75. The van der Waals surface area contributed by atoms with E-state index >= 15 is 0 Å². The third-order valence-corrected chi connectivity index (χ3v) is 6.25. The number of aromatic nitrogens is 2. The molecular weight excluding hydrogens is 356 g/mol. The molecule has 1 atom stereocenters. The lowest BCUT2D eigenvalue weighted by Crippen LogP contribution is -2.36. The number of likely N-dealkylation sites (N-methyl/N-ethyl adjacent to an activating group) is 1. The first kappa shape index (κ1) is 20.3. The molecule has 1 heterocycles. The predicted octanol–water partition coefficient (Wildman–Crippen LogP) is 1.60. The molecule has 8 nitrogen and oxygen atoms in total. The molecule has 0 amide bonds. The Morgan fingerprint density at radius 2 is 1.96 bits per heavy atom. The van der Waals surface area contributed by atoms with Crippen molar-refractivity contribution in [2.75, 3.05) is 21.1 Å². The van der Waals surface area contributed by atoms with Crippen LogP contribution in [0.2, 0.25) is 0 Å². The topological polar surface area (TPSA) is 95.7 Å². The van der Waals surface area contributed by atoms with Crippen LogP contribution in [0.25, 0.3) is 11.0 Å². The van der Waals surface area contributed by atoms with E-state index < -0.39 is 22.0 Å². The van der Waals surface area contributed by atoms with E-state index in [0.717, 1.165) is 24.3 Å². The van der Waals surface area contributed by atoms with Gasteiger partial charge in [-0.2, -0.15) is 0 Å². The van der Waals surface area contributed by atoms with Crippen LogP contribution >= 0.6 is 0 Å². The Morgan fingerprint density at radius 1 is 1.31 bits per heavy atom. The Bertz CT molecular complexity index is 905. The summed E-state index contributed by atoms with van der Waals surface area (Å²) in [5, 5.41) is 9.18. The Morgan fingerprint density at radius 3 is 2.50 bits per heavy atom. The number of carboxylic acid groups (broad SMARTS) is 1. The monoisotopic (exact) mass is 382 g/mol. The van der Waals surface area contributed by atoms with Gasteiger partial charge in [0.25, 0.3) is 0 Å². The van der Waals surface area contributed by atoms with Crippen LogP contribution in [0, 0.1) is 0 Å². The maximum atomic E-state index is 12.4. The number of carboxylic acids is 1. The zero-order valence-corrected chi connectivity index (χ0v) is 16.6. The number of benzene rings is 1. The number of carbonyl (C=O) groups is 1. The van der Waals surface area contributed by atoms with Gasteiger partial charge >= 0.3 is 5.97 Å². The summed E-state index contributed by atoms with van der Waals surface area (Å²) in [6.07, 6.45) is 0.883. The van der Waals surface area contributed by atoms with E-state index in [1.54, 1.807) is 37.1 Å². The Labute approximate surface area is 154 Å². The molecule has 0 aliphatic carbocycles. The molecule has 0 fully saturated rings. The lowest BCUT2D eigenvalue weighted by molar-refractivity contribution is -0.142. The van der Waals surface area contributed by atoms with Crippen LogP contribution in [0.5, 0.6) is 0 Å². The first-order chi connectivity index (χ1) is 12.1. The summed E-state index contributed by atoms with van der Waals surface area (Å²) >= 11 is 0. The molecule has 2 rings (SSSR count). The highest BCUT2D eigenvalue weighted by Crippen LogP contribution is 2.23. The quantitative estimate of drug-likeness (QED) is 0.745.